The summed E-state index contributed by atoms with van der Waals surface area (Å²) in [5, 5.41) is 0. The molecule has 1 aromatic carbocycles. The molecule has 8 heteroatoms. The van der Waals surface area contributed by atoms with Gasteiger partial charge in [0.2, 0.25) is 11.9 Å². The summed E-state index contributed by atoms with van der Waals surface area (Å²) in [5.74, 6) is 6.69. The van der Waals surface area contributed by atoms with Crippen LogP contribution >= 0.6 is 22.6 Å². The molecule has 0 aliphatic rings. The van der Waals surface area contributed by atoms with Crippen molar-refractivity contribution in [2.45, 2.75) is 0 Å². The van der Waals surface area contributed by atoms with Gasteiger partial charge in [-0.3, -0.25) is 5.43 Å². The minimum Gasteiger partial charge on any atom is -0.424 e. The van der Waals surface area contributed by atoms with Gasteiger partial charge in [-0.2, -0.15) is 15.0 Å². The topological polar surface area (TPSA) is 89.2 Å². The zero-order valence-corrected chi connectivity index (χ0v) is 12.6. The number of hydrogen-bond donors (Lipinski definition) is 2. The van der Waals surface area contributed by atoms with Crippen LogP contribution in [0.3, 0.4) is 0 Å². The van der Waals surface area contributed by atoms with Gasteiger partial charge in [-0.1, -0.05) is 0 Å². The van der Waals surface area contributed by atoms with Crippen LogP contribution in [0.5, 0.6) is 11.8 Å². The normalized spacial score (nSPS) is 10.1. The number of ether oxygens (including phenoxy) is 1. The summed E-state index contributed by atoms with van der Waals surface area (Å²) in [6.45, 7) is 0. The number of nitrogen functional groups attached to an aromatic ring is 1. The van der Waals surface area contributed by atoms with E-state index in [1.807, 2.05) is 38.4 Å². The molecular weight excluding hydrogens is 359 g/mol. The Morgan fingerprint density at radius 3 is 2.42 bits per heavy atom. The lowest BCUT2D eigenvalue weighted by Gasteiger charge is -2.12. The summed E-state index contributed by atoms with van der Waals surface area (Å²) in [6.07, 6.45) is 0. The van der Waals surface area contributed by atoms with Gasteiger partial charge in [0.25, 0.3) is 0 Å². The lowest BCUT2D eigenvalue weighted by molar-refractivity contribution is 0.440. The van der Waals surface area contributed by atoms with Crippen LogP contribution in [-0.4, -0.2) is 29.0 Å². The summed E-state index contributed by atoms with van der Waals surface area (Å²) in [4.78, 5) is 14.1. The standard InChI is InChI=1S/C11H13IN6O/c1-18(2)10-14-9(17-13)15-11(16-10)19-8-5-3-7(12)4-6-8/h3-6H,13H2,1-2H3,(H,14,15,16,17). The average molecular weight is 372 g/mol. The Morgan fingerprint density at radius 1 is 1.16 bits per heavy atom. The van der Waals surface area contributed by atoms with Crippen LogP contribution in [-0.2, 0) is 0 Å². The van der Waals surface area contributed by atoms with Gasteiger partial charge < -0.3 is 9.64 Å². The van der Waals surface area contributed by atoms with Gasteiger partial charge >= 0.3 is 6.01 Å². The van der Waals surface area contributed by atoms with Crippen molar-refractivity contribution >= 4 is 34.5 Å². The van der Waals surface area contributed by atoms with Gasteiger partial charge in [0.1, 0.15) is 5.75 Å². The highest BCUT2D eigenvalue weighted by Gasteiger charge is 2.09. The van der Waals surface area contributed by atoms with E-state index in [0.29, 0.717) is 11.7 Å². The van der Waals surface area contributed by atoms with Gasteiger partial charge in [0, 0.05) is 17.7 Å². The van der Waals surface area contributed by atoms with E-state index in [1.165, 1.54) is 0 Å². The van der Waals surface area contributed by atoms with E-state index >= 15 is 0 Å². The first kappa shape index (κ1) is 13.7. The number of hydrazine groups is 1. The molecule has 100 valence electrons. The Labute approximate surface area is 124 Å². The first-order valence-electron chi connectivity index (χ1n) is 5.42. The first-order valence-corrected chi connectivity index (χ1v) is 6.50. The fraction of sp³-hybridized carbons (Fsp3) is 0.182. The molecule has 0 saturated carbocycles. The van der Waals surface area contributed by atoms with Gasteiger partial charge in [-0.25, -0.2) is 5.84 Å². The maximum atomic E-state index is 5.58. The smallest absolute Gasteiger partial charge is 0.328 e. The molecule has 2 aromatic rings. The maximum Gasteiger partial charge on any atom is 0.328 e. The molecule has 0 radical (unpaired) electrons. The molecule has 1 heterocycles. The third-order valence-electron chi connectivity index (χ3n) is 2.15. The molecule has 0 atom stereocenters. The van der Waals surface area contributed by atoms with Crippen molar-refractivity contribution in [1.82, 2.24) is 15.0 Å². The van der Waals surface area contributed by atoms with E-state index in [9.17, 15) is 0 Å². The molecule has 1 aromatic heterocycles. The number of nitrogens with one attached hydrogen (secondary N) is 1. The molecule has 0 spiro atoms. The molecule has 3 N–H and O–H groups in total. The number of halogens is 1. The predicted octanol–water partition coefficient (Wildman–Crippen LogP) is 1.62. The fourth-order valence-electron chi connectivity index (χ4n) is 1.26. The molecule has 0 fully saturated rings. The molecule has 0 amide bonds. The molecule has 2 rings (SSSR count). The second kappa shape index (κ2) is 5.97. The van der Waals surface area contributed by atoms with Crippen molar-refractivity contribution in [3.05, 3.63) is 27.8 Å². The van der Waals surface area contributed by atoms with E-state index in [4.69, 9.17) is 10.6 Å². The molecular formula is C11H13IN6O. The number of aromatic nitrogens is 3. The van der Waals surface area contributed by atoms with Crippen LogP contribution in [0.4, 0.5) is 11.9 Å². The van der Waals surface area contributed by atoms with Crippen molar-refractivity contribution in [2.75, 3.05) is 24.4 Å². The third-order valence-corrected chi connectivity index (χ3v) is 2.87. The molecule has 0 aliphatic carbocycles. The minimum atomic E-state index is 0.188. The van der Waals surface area contributed by atoms with Crippen molar-refractivity contribution in [3.8, 4) is 11.8 Å². The van der Waals surface area contributed by atoms with Crippen LogP contribution < -0.4 is 20.9 Å². The van der Waals surface area contributed by atoms with Crippen LogP contribution in [0.2, 0.25) is 0 Å². The Hall–Kier alpha value is -1.68. The van der Waals surface area contributed by atoms with Crippen LogP contribution in [0.1, 0.15) is 0 Å². The third kappa shape index (κ3) is 3.64. The van der Waals surface area contributed by atoms with Crippen LogP contribution in [0.25, 0.3) is 0 Å². The van der Waals surface area contributed by atoms with Gasteiger partial charge in [0.05, 0.1) is 0 Å². The number of nitrogens with two attached hydrogens (primary N) is 1. The van der Waals surface area contributed by atoms with E-state index in [-0.39, 0.29) is 12.0 Å². The number of benzene rings is 1. The second-order valence-corrected chi connectivity index (χ2v) is 5.08. The number of rotatable bonds is 4. The molecule has 0 saturated heterocycles. The largest absolute Gasteiger partial charge is 0.424 e. The molecule has 0 aliphatic heterocycles. The summed E-state index contributed by atoms with van der Waals surface area (Å²) in [5.41, 5.74) is 2.39. The Kier molecular flexibility index (Phi) is 4.32. The van der Waals surface area contributed by atoms with Gasteiger partial charge in [-0.15, -0.1) is 0 Å². The van der Waals surface area contributed by atoms with Gasteiger partial charge in [0.15, 0.2) is 0 Å². The molecule has 0 bridgehead atoms. The number of hydrogen-bond acceptors (Lipinski definition) is 7. The highest BCUT2D eigenvalue weighted by molar-refractivity contribution is 14.1. The second-order valence-electron chi connectivity index (χ2n) is 3.84. The lowest BCUT2D eigenvalue weighted by Crippen LogP contribution is -2.17. The summed E-state index contributed by atoms with van der Waals surface area (Å²) in [6, 6.07) is 7.75. The Bertz CT molecular complexity index is 560. The van der Waals surface area contributed by atoms with Gasteiger partial charge in [-0.05, 0) is 46.9 Å². The number of anilines is 2. The van der Waals surface area contributed by atoms with Crippen molar-refractivity contribution < 1.29 is 4.74 Å². The van der Waals surface area contributed by atoms with E-state index < -0.39 is 0 Å². The average Bonchev–Trinajstić information content (AvgIpc) is 2.41. The van der Waals surface area contributed by atoms with Crippen LogP contribution in [0.15, 0.2) is 24.3 Å². The van der Waals surface area contributed by atoms with Crippen LogP contribution in [0, 0.1) is 3.57 Å². The van der Waals surface area contributed by atoms with E-state index in [1.54, 1.807) is 4.90 Å². The molecule has 0 unspecified atom stereocenters. The van der Waals surface area contributed by atoms with Crippen molar-refractivity contribution in [3.63, 3.8) is 0 Å². The first-order chi connectivity index (χ1) is 9.08. The zero-order valence-electron chi connectivity index (χ0n) is 10.5. The number of nitrogens with zero attached hydrogens (tertiary/aromatic N) is 4. The van der Waals surface area contributed by atoms with Crippen molar-refractivity contribution in [2.24, 2.45) is 5.84 Å². The highest BCUT2D eigenvalue weighted by Crippen LogP contribution is 2.21. The fourth-order valence-corrected chi connectivity index (χ4v) is 1.62. The quantitative estimate of drug-likeness (QED) is 0.479. The highest BCUT2D eigenvalue weighted by atomic mass is 127. The summed E-state index contributed by atoms with van der Waals surface area (Å²) >= 11 is 2.22. The maximum absolute atomic E-state index is 5.58. The molecule has 7 nitrogen and oxygen atoms in total. The summed E-state index contributed by atoms with van der Waals surface area (Å²) in [7, 11) is 3.65. The Morgan fingerprint density at radius 2 is 1.84 bits per heavy atom. The van der Waals surface area contributed by atoms with E-state index in [0.717, 1.165) is 3.57 Å². The van der Waals surface area contributed by atoms with E-state index in [2.05, 4.69) is 43.0 Å². The zero-order chi connectivity index (χ0) is 13.8. The SMILES string of the molecule is CN(C)c1nc(NN)nc(Oc2ccc(I)cc2)n1. The lowest BCUT2D eigenvalue weighted by atomic mass is 10.3. The Balaban J connectivity index is 2.28. The predicted molar refractivity (Wildman–Crippen MR) is 81.2 cm³/mol. The minimum absolute atomic E-state index is 0.188. The monoisotopic (exact) mass is 372 g/mol. The summed E-state index contributed by atoms with van der Waals surface area (Å²) < 4.78 is 6.70. The van der Waals surface area contributed by atoms with Crippen molar-refractivity contribution in [1.29, 1.82) is 0 Å². The molecule has 19 heavy (non-hydrogen) atoms.